The second-order valence-electron chi connectivity index (χ2n) is 3.93. The Hall–Kier alpha value is -1.42. The van der Waals surface area contributed by atoms with Gasteiger partial charge in [-0.2, -0.15) is 0 Å². The largest absolute Gasteiger partial charge is 0.457 e. The zero-order valence-electron chi connectivity index (χ0n) is 9.71. The van der Waals surface area contributed by atoms with E-state index in [1.807, 2.05) is 19.1 Å². The van der Waals surface area contributed by atoms with E-state index in [0.29, 0.717) is 5.75 Å². The summed E-state index contributed by atoms with van der Waals surface area (Å²) in [5.74, 6) is -0.599. The van der Waals surface area contributed by atoms with E-state index in [4.69, 9.17) is 4.74 Å². The van der Waals surface area contributed by atoms with Gasteiger partial charge in [-0.25, -0.2) is 8.78 Å². The van der Waals surface area contributed by atoms with E-state index in [1.165, 1.54) is 0 Å². The molecule has 0 aromatic heterocycles. The number of ether oxygens (including phenoxy) is 1. The fourth-order valence-corrected chi connectivity index (χ4v) is 2.23. The maximum Gasteiger partial charge on any atom is 0.133 e. The second kappa shape index (κ2) is 5.48. The van der Waals surface area contributed by atoms with Gasteiger partial charge < -0.3 is 4.74 Å². The minimum absolute atomic E-state index is 0.151. The monoisotopic (exact) mass is 312 g/mol. The number of alkyl halides is 1. The maximum atomic E-state index is 13.0. The van der Waals surface area contributed by atoms with Gasteiger partial charge in [0, 0.05) is 23.5 Å². The van der Waals surface area contributed by atoms with Crippen LogP contribution in [0.15, 0.2) is 36.4 Å². The lowest BCUT2D eigenvalue weighted by molar-refractivity contribution is 0.468. The van der Waals surface area contributed by atoms with Crippen molar-refractivity contribution in [1.82, 2.24) is 0 Å². The van der Waals surface area contributed by atoms with Crippen LogP contribution in [0.1, 0.15) is 11.1 Å². The molecule has 0 spiro atoms. The minimum Gasteiger partial charge on any atom is -0.457 e. The Balaban J connectivity index is 2.25. The van der Waals surface area contributed by atoms with Crippen molar-refractivity contribution in [3.05, 3.63) is 59.2 Å². The third kappa shape index (κ3) is 3.07. The first-order valence-electron chi connectivity index (χ1n) is 5.38. The van der Waals surface area contributed by atoms with Crippen molar-refractivity contribution in [2.45, 2.75) is 12.3 Å². The van der Waals surface area contributed by atoms with Crippen molar-refractivity contribution in [2.75, 3.05) is 0 Å². The summed E-state index contributed by atoms with van der Waals surface area (Å²) < 4.78 is 31.4. The van der Waals surface area contributed by atoms with Crippen molar-refractivity contribution in [2.24, 2.45) is 0 Å². The fourth-order valence-electron chi connectivity index (χ4n) is 1.61. The molecule has 0 unspecified atom stereocenters. The average Bonchev–Trinajstić information content (AvgIpc) is 2.27. The first-order chi connectivity index (χ1) is 8.58. The smallest absolute Gasteiger partial charge is 0.133 e. The Labute approximate surface area is 113 Å². The zero-order chi connectivity index (χ0) is 13.1. The molecule has 2 rings (SSSR count). The number of hydrogen-bond donors (Lipinski definition) is 0. The van der Waals surface area contributed by atoms with Crippen LogP contribution in [-0.2, 0) is 5.33 Å². The molecule has 0 aliphatic rings. The summed E-state index contributed by atoms with van der Waals surface area (Å²) in [6.45, 7) is 1.95. The van der Waals surface area contributed by atoms with Crippen LogP contribution in [0, 0.1) is 18.6 Å². The molecule has 2 aromatic carbocycles. The quantitative estimate of drug-likeness (QED) is 0.728. The standard InChI is InChI=1S/C14H11BrF2O/c1-9-4-13(3-2-10(9)8-15)18-14-6-11(16)5-12(17)7-14/h2-7H,8H2,1H3. The lowest BCUT2D eigenvalue weighted by Gasteiger charge is -2.08. The molecule has 2 aromatic rings. The van der Waals surface area contributed by atoms with E-state index in [2.05, 4.69) is 15.9 Å². The van der Waals surface area contributed by atoms with Crippen LogP contribution in [-0.4, -0.2) is 0 Å². The van der Waals surface area contributed by atoms with E-state index in [0.717, 1.165) is 34.7 Å². The van der Waals surface area contributed by atoms with Gasteiger partial charge in [0.15, 0.2) is 0 Å². The van der Waals surface area contributed by atoms with Gasteiger partial charge in [0.1, 0.15) is 23.1 Å². The molecule has 94 valence electrons. The van der Waals surface area contributed by atoms with Gasteiger partial charge in [0.25, 0.3) is 0 Å². The Morgan fingerprint density at radius 3 is 2.22 bits per heavy atom. The van der Waals surface area contributed by atoms with Crippen LogP contribution in [0.25, 0.3) is 0 Å². The molecule has 18 heavy (non-hydrogen) atoms. The normalized spacial score (nSPS) is 10.4. The molecule has 0 amide bonds. The molecule has 0 bridgehead atoms. The van der Waals surface area contributed by atoms with Crippen LogP contribution in [0.2, 0.25) is 0 Å². The van der Waals surface area contributed by atoms with Crippen molar-refractivity contribution >= 4 is 15.9 Å². The van der Waals surface area contributed by atoms with Crippen LogP contribution < -0.4 is 4.74 Å². The van der Waals surface area contributed by atoms with Crippen molar-refractivity contribution in [3.8, 4) is 11.5 Å². The molecule has 4 heteroatoms. The number of halogens is 3. The SMILES string of the molecule is Cc1cc(Oc2cc(F)cc(F)c2)ccc1CBr. The van der Waals surface area contributed by atoms with Crippen LogP contribution in [0.5, 0.6) is 11.5 Å². The molecule has 0 saturated heterocycles. The van der Waals surface area contributed by atoms with E-state index in [9.17, 15) is 8.78 Å². The fraction of sp³-hybridized carbons (Fsp3) is 0.143. The molecule has 0 fully saturated rings. The first kappa shape index (κ1) is 13.0. The molecule has 0 saturated carbocycles. The average molecular weight is 313 g/mol. The van der Waals surface area contributed by atoms with Gasteiger partial charge in [-0.1, -0.05) is 22.0 Å². The molecule has 1 nitrogen and oxygen atoms in total. The third-order valence-corrected chi connectivity index (χ3v) is 3.13. The van der Waals surface area contributed by atoms with Gasteiger partial charge in [-0.15, -0.1) is 0 Å². The number of benzene rings is 2. The first-order valence-corrected chi connectivity index (χ1v) is 6.50. The summed E-state index contributed by atoms with van der Waals surface area (Å²) in [5, 5.41) is 0.758. The van der Waals surface area contributed by atoms with Crippen molar-refractivity contribution < 1.29 is 13.5 Å². The highest BCUT2D eigenvalue weighted by atomic mass is 79.9. The third-order valence-electron chi connectivity index (χ3n) is 2.53. The lowest BCUT2D eigenvalue weighted by Crippen LogP contribution is -1.90. The van der Waals surface area contributed by atoms with Gasteiger partial charge in [0.05, 0.1) is 0 Å². The highest BCUT2D eigenvalue weighted by Gasteiger charge is 2.04. The minimum atomic E-state index is -0.654. The summed E-state index contributed by atoms with van der Waals surface area (Å²) in [6.07, 6.45) is 0. The van der Waals surface area contributed by atoms with Gasteiger partial charge in [-0.05, 0) is 30.2 Å². The maximum absolute atomic E-state index is 13.0. The van der Waals surface area contributed by atoms with Gasteiger partial charge in [-0.3, -0.25) is 0 Å². The summed E-state index contributed by atoms with van der Waals surface area (Å²) >= 11 is 3.38. The van der Waals surface area contributed by atoms with Crippen molar-refractivity contribution in [3.63, 3.8) is 0 Å². The van der Waals surface area contributed by atoms with E-state index in [1.54, 1.807) is 6.07 Å². The topological polar surface area (TPSA) is 9.23 Å². The number of aryl methyl sites for hydroxylation is 1. The Bertz CT molecular complexity index is 549. The molecule has 0 radical (unpaired) electrons. The molecule has 0 heterocycles. The Kier molecular flexibility index (Phi) is 3.97. The van der Waals surface area contributed by atoms with Crippen LogP contribution in [0.4, 0.5) is 8.78 Å². The molecule has 0 aliphatic heterocycles. The zero-order valence-corrected chi connectivity index (χ0v) is 11.3. The van der Waals surface area contributed by atoms with Gasteiger partial charge in [0.2, 0.25) is 0 Å². The Morgan fingerprint density at radius 1 is 1.00 bits per heavy atom. The summed E-state index contributed by atoms with van der Waals surface area (Å²) in [5.41, 5.74) is 2.20. The highest BCUT2D eigenvalue weighted by molar-refractivity contribution is 9.08. The molecule has 0 aliphatic carbocycles. The second-order valence-corrected chi connectivity index (χ2v) is 4.49. The number of hydrogen-bond acceptors (Lipinski definition) is 1. The molecule has 0 N–H and O–H groups in total. The summed E-state index contributed by atoms with van der Waals surface area (Å²) in [7, 11) is 0. The van der Waals surface area contributed by atoms with Gasteiger partial charge >= 0.3 is 0 Å². The molecule has 0 atom stereocenters. The molecular weight excluding hydrogens is 302 g/mol. The van der Waals surface area contributed by atoms with E-state index >= 15 is 0 Å². The van der Waals surface area contributed by atoms with E-state index < -0.39 is 11.6 Å². The summed E-state index contributed by atoms with van der Waals surface area (Å²) in [4.78, 5) is 0. The summed E-state index contributed by atoms with van der Waals surface area (Å²) in [6, 6.07) is 8.63. The van der Waals surface area contributed by atoms with Crippen LogP contribution >= 0.6 is 15.9 Å². The Morgan fingerprint density at radius 2 is 1.67 bits per heavy atom. The van der Waals surface area contributed by atoms with Crippen molar-refractivity contribution in [1.29, 1.82) is 0 Å². The predicted octanol–water partition coefficient (Wildman–Crippen LogP) is 4.96. The molecular formula is C14H11BrF2O. The highest BCUT2D eigenvalue weighted by Crippen LogP contribution is 2.25. The predicted molar refractivity (Wildman–Crippen MR) is 70.2 cm³/mol. The van der Waals surface area contributed by atoms with E-state index in [-0.39, 0.29) is 5.75 Å². The van der Waals surface area contributed by atoms with Crippen LogP contribution in [0.3, 0.4) is 0 Å². The lowest BCUT2D eigenvalue weighted by atomic mass is 10.1. The number of rotatable bonds is 3.